The summed E-state index contributed by atoms with van der Waals surface area (Å²) in [7, 11) is 0. The van der Waals surface area contributed by atoms with Crippen LogP contribution in [0.2, 0.25) is 0 Å². The molecule has 2 aromatic heterocycles. The number of benzene rings is 6. The molecule has 2 heterocycles. The molecule has 0 saturated carbocycles. The second-order valence-corrected chi connectivity index (χ2v) is 12.4. The highest BCUT2D eigenvalue weighted by molar-refractivity contribution is 6.21. The van der Waals surface area contributed by atoms with Crippen LogP contribution in [-0.4, -0.2) is 6.72 Å². The van der Waals surface area contributed by atoms with Gasteiger partial charge in [-0.15, -0.1) is 0 Å². The van der Waals surface area contributed by atoms with E-state index in [9.17, 15) is 0 Å². The quantitative estimate of drug-likeness (QED) is 0.120. The number of furan rings is 2. The molecule has 0 spiro atoms. The summed E-state index contributed by atoms with van der Waals surface area (Å²) in [6.07, 6.45) is 10.8. The molecule has 3 heteroatoms. The van der Waals surface area contributed by atoms with Gasteiger partial charge in [0.1, 0.15) is 11.2 Å². The van der Waals surface area contributed by atoms with Gasteiger partial charge in [-0.1, -0.05) is 164 Å². The third-order valence-electron chi connectivity index (χ3n) is 9.13. The Labute approximate surface area is 298 Å². The van der Waals surface area contributed by atoms with E-state index in [4.69, 9.17) is 8.83 Å². The second kappa shape index (κ2) is 15.0. The van der Waals surface area contributed by atoms with E-state index < -0.39 is 0 Å². The Morgan fingerprint density at radius 3 is 1.75 bits per heavy atom. The maximum atomic E-state index is 6.57. The van der Waals surface area contributed by atoms with Gasteiger partial charge >= 0.3 is 0 Å². The van der Waals surface area contributed by atoms with Gasteiger partial charge in [-0.05, 0) is 61.4 Å². The molecule has 8 rings (SSSR count). The molecule has 0 atom stereocenters. The molecule has 0 saturated heterocycles. The Balaban J connectivity index is 0.000000193. The molecule has 0 aliphatic carbocycles. The van der Waals surface area contributed by atoms with E-state index in [2.05, 4.69) is 141 Å². The lowest BCUT2D eigenvalue weighted by molar-refractivity contribution is 0.634. The molecule has 3 nitrogen and oxygen atoms in total. The van der Waals surface area contributed by atoms with E-state index >= 15 is 0 Å². The van der Waals surface area contributed by atoms with Crippen LogP contribution < -0.4 is 0 Å². The molecule has 248 valence electrons. The minimum Gasteiger partial charge on any atom is -0.451 e. The van der Waals surface area contributed by atoms with Crippen LogP contribution in [0.4, 0.5) is 0 Å². The third kappa shape index (κ3) is 6.75. The van der Waals surface area contributed by atoms with Crippen LogP contribution in [0.3, 0.4) is 0 Å². The second-order valence-electron chi connectivity index (χ2n) is 12.4. The molecule has 0 N–H and O–H groups in total. The molecule has 6 aromatic carbocycles. The average molecular weight is 662 g/mol. The van der Waals surface area contributed by atoms with Gasteiger partial charge in [0.2, 0.25) is 0 Å². The highest BCUT2D eigenvalue weighted by atomic mass is 16.4. The Morgan fingerprint density at radius 1 is 0.627 bits per heavy atom. The zero-order valence-electron chi connectivity index (χ0n) is 29.0. The summed E-state index contributed by atoms with van der Waals surface area (Å²) in [5.41, 5.74) is 12.4. The number of fused-ring (bicyclic) bond motifs is 7. The lowest BCUT2D eigenvalue weighted by Crippen LogP contribution is -1.82. The van der Waals surface area contributed by atoms with Gasteiger partial charge < -0.3 is 8.83 Å². The van der Waals surface area contributed by atoms with Crippen molar-refractivity contribution in [1.82, 2.24) is 0 Å². The van der Waals surface area contributed by atoms with Crippen molar-refractivity contribution in [3.63, 3.8) is 0 Å². The first-order valence-corrected chi connectivity index (χ1v) is 17.2. The number of hydrogen-bond donors (Lipinski definition) is 0. The predicted octanol–water partition coefficient (Wildman–Crippen LogP) is 13.9. The van der Waals surface area contributed by atoms with Crippen LogP contribution in [0.15, 0.2) is 190 Å². The SMILES string of the molecule is C=C/C=C\C(=C/C)C/C=C(\N=C)c1ccccc1.Cc1cccc(-c2cccc3c2oc2c3ccc3c4cccc(-c5ccccc5)c4oc32)c1. The monoisotopic (exact) mass is 661 g/mol. The largest absolute Gasteiger partial charge is 0.451 e. The van der Waals surface area contributed by atoms with Crippen LogP contribution in [0.5, 0.6) is 0 Å². The van der Waals surface area contributed by atoms with Gasteiger partial charge in [0.15, 0.2) is 11.2 Å². The van der Waals surface area contributed by atoms with E-state index in [0.717, 1.165) is 83.8 Å². The van der Waals surface area contributed by atoms with Gasteiger partial charge in [0.25, 0.3) is 0 Å². The number of para-hydroxylation sites is 2. The van der Waals surface area contributed by atoms with Crippen LogP contribution in [-0.2, 0) is 0 Å². The molecule has 0 fully saturated rings. The number of nitrogens with zero attached hydrogens (tertiary/aromatic N) is 1. The van der Waals surface area contributed by atoms with Crippen LogP contribution >= 0.6 is 0 Å². The van der Waals surface area contributed by atoms with E-state index in [0.29, 0.717) is 0 Å². The maximum absolute atomic E-state index is 6.57. The molecular weight excluding hydrogens is 623 g/mol. The number of hydrogen-bond acceptors (Lipinski definition) is 3. The molecule has 0 bridgehead atoms. The van der Waals surface area contributed by atoms with Crippen LogP contribution in [0.1, 0.15) is 24.5 Å². The molecule has 0 unspecified atom stereocenters. The number of aliphatic imine (C=N–C) groups is 1. The zero-order chi connectivity index (χ0) is 35.2. The summed E-state index contributed by atoms with van der Waals surface area (Å²) in [6.45, 7) is 11.4. The maximum Gasteiger partial charge on any atom is 0.178 e. The Morgan fingerprint density at radius 2 is 1.18 bits per heavy atom. The normalized spacial score (nSPS) is 12.1. The third-order valence-corrected chi connectivity index (χ3v) is 9.13. The van der Waals surface area contributed by atoms with Gasteiger partial charge in [-0.25, -0.2) is 0 Å². The summed E-state index contributed by atoms with van der Waals surface area (Å²) in [6, 6.07) is 46.0. The minimum atomic E-state index is 0.803. The molecule has 0 amide bonds. The summed E-state index contributed by atoms with van der Waals surface area (Å²) in [4.78, 5) is 4.08. The minimum absolute atomic E-state index is 0.803. The van der Waals surface area contributed by atoms with Gasteiger partial charge in [0, 0.05) is 32.7 Å². The first kappa shape index (κ1) is 33.1. The van der Waals surface area contributed by atoms with E-state index in [1.54, 1.807) is 6.08 Å². The summed E-state index contributed by atoms with van der Waals surface area (Å²) in [5, 5.41) is 4.36. The van der Waals surface area contributed by atoms with E-state index in [-0.39, 0.29) is 0 Å². The average Bonchev–Trinajstić information content (AvgIpc) is 3.76. The zero-order valence-corrected chi connectivity index (χ0v) is 29.0. The Hall–Kier alpha value is -6.45. The van der Waals surface area contributed by atoms with Gasteiger partial charge in [-0.3, -0.25) is 4.99 Å². The Kier molecular flexibility index (Phi) is 9.71. The van der Waals surface area contributed by atoms with Crippen LogP contribution in [0, 0.1) is 6.92 Å². The summed E-state index contributed by atoms with van der Waals surface area (Å²) < 4.78 is 13.1. The smallest absolute Gasteiger partial charge is 0.178 e. The molecule has 0 aliphatic rings. The van der Waals surface area contributed by atoms with E-state index in [1.807, 2.05) is 49.4 Å². The van der Waals surface area contributed by atoms with Crippen molar-refractivity contribution in [3.8, 4) is 22.3 Å². The van der Waals surface area contributed by atoms with Crippen molar-refractivity contribution in [3.05, 3.63) is 187 Å². The van der Waals surface area contributed by atoms with Crippen molar-refractivity contribution in [2.45, 2.75) is 20.3 Å². The van der Waals surface area contributed by atoms with Crippen molar-refractivity contribution < 1.29 is 8.83 Å². The first-order valence-electron chi connectivity index (χ1n) is 17.2. The Bertz CT molecular complexity index is 2600. The van der Waals surface area contributed by atoms with Crippen molar-refractivity contribution >= 4 is 56.3 Å². The fourth-order valence-electron chi connectivity index (χ4n) is 6.57. The van der Waals surface area contributed by atoms with Crippen molar-refractivity contribution in [2.24, 2.45) is 4.99 Å². The fraction of sp³-hybridized carbons (Fsp3) is 0.0625. The topological polar surface area (TPSA) is 38.6 Å². The summed E-state index contributed by atoms with van der Waals surface area (Å²) in [5.74, 6) is 0. The highest BCUT2D eigenvalue weighted by Gasteiger charge is 2.19. The standard InChI is InChI=1S/C31H20O2.C17H19N/c1-19-8-5-11-21(18-19)23-13-7-15-25-27-17-16-26-24-14-6-12-22(20-9-3-2-4-10-20)28(24)32-30(26)31(27)33-29(23)25;1-4-6-10-15(5-2)13-14-17(18-3)16-11-8-7-9-12-16/h2-18H,1H3;4-12,14H,1,3,13H2,2H3/b;10-6-,15-5+,17-14-. The number of aryl methyl sites for hydroxylation is 1. The lowest BCUT2D eigenvalue weighted by atomic mass is 10.0. The van der Waals surface area contributed by atoms with Crippen molar-refractivity contribution in [2.75, 3.05) is 0 Å². The van der Waals surface area contributed by atoms with Gasteiger partial charge in [0.05, 0.1) is 5.70 Å². The molecule has 51 heavy (non-hydrogen) atoms. The number of rotatable bonds is 8. The summed E-state index contributed by atoms with van der Waals surface area (Å²) >= 11 is 0. The van der Waals surface area contributed by atoms with Crippen molar-refractivity contribution in [1.29, 1.82) is 0 Å². The first-order chi connectivity index (χ1) is 25.1. The van der Waals surface area contributed by atoms with E-state index in [1.165, 1.54) is 11.1 Å². The highest BCUT2D eigenvalue weighted by Crippen LogP contribution is 2.43. The molecule has 0 radical (unpaired) electrons. The predicted molar refractivity (Wildman–Crippen MR) is 218 cm³/mol. The molecule has 0 aliphatic heterocycles. The number of allylic oxidation sites excluding steroid dienone is 6. The fourth-order valence-corrected chi connectivity index (χ4v) is 6.57. The van der Waals surface area contributed by atoms with Crippen LogP contribution in [0.25, 0.3) is 71.8 Å². The molecule has 8 aromatic rings. The molecular formula is C48H39NO2. The lowest BCUT2D eigenvalue weighted by Gasteiger charge is -2.03. The van der Waals surface area contributed by atoms with Gasteiger partial charge in [-0.2, -0.15) is 0 Å².